The molecule has 4 heteroatoms. The molecule has 0 unspecified atom stereocenters. The second kappa shape index (κ2) is 5.92. The summed E-state index contributed by atoms with van der Waals surface area (Å²) in [6.07, 6.45) is 8.41. The fraction of sp³-hybridized carbons (Fsp3) is 0.500. The van der Waals surface area contributed by atoms with Crippen LogP contribution in [0, 0.1) is 0 Å². The van der Waals surface area contributed by atoms with Crippen molar-refractivity contribution in [2.45, 2.75) is 51.0 Å². The molecular formula is C16H21N3S. The van der Waals surface area contributed by atoms with Gasteiger partial charge < -0.3 is 10.3 Å². The molecule has 1 fully saturated rings. The minimum absolute atomic E-state index is 0.523. The number of thiocarbonyl (C=S) groups is 1. The zero-order valence-corrected chi connectivity index (χ0v) is 12.5. The highest BCUT2D eigenvalue weighted by Crippen LogP contribution is 2.31. The molecule has 0 radical (unpaired) electrons. The van der Waals surface area contributed by atoms with Crippen molar-refractivity contribution >= 4 is 28.2 Å². The number of nitrogens with two attached hydrogens (primary N) is 1. The molecule has 1 aliphatic carbocycles. The summed E-state index contributed by atoms with van der Waals surface area (Å²) in [5.74, 6) is 1.03. The van der Waals surface area contributed by atoms with Crippen LogP contribution in [0.4, 0.5) is 0 Å². The Morgan fingerprint density at radius 2 is 1.90 bits per heavy atom. The first-order valence-electron chi connectivity index (χ1n) is 7.50. The minimum atomic E-state index is 0.523. The van der Waals surface area contributed by atoms with Crippen molar-refractivity contribution < 1.29 is 0 Å². The van der Waals surface area contributed by atoms with Crippen LogP contribution in [0.25, 0.3) is 11.0 Å². The zero-order valence-electron chi connectivity index (χ0n) is 11.7. The molecule has 1 heterocycles. The monoisotopic (exact) mass is 287 g/mol. The van der Waals surface area contributed by atoms with Crippen molar-refractivity contribution in [2.24, 2.45) is 5.73 Å². The van der Waals surface area contributed by atoms with Crippen molar-refractivity contribution in [3.63, 3.8) is 0 Å². The molecule has 2 N–H and O–H groups in total. The van der Waals surface area contributed by atoms with E-state index in [9.17, 15) is 0 Å². The van der Waals surface area contributed by atoms with Gasteiger partial charge in [-0.05, 0) is 25.0 Å². The number of nitrogens with zero attached hydrogens (tertiary/aromatic N) is 2. The third kappa shape index (κ3) is 2.70. The molecule has 0 spiro atoms. The SMILES string of the molecule is NC(=S)Cc1nc2ccccc2n1C1CCCCCC1. The van der Waals surface area contributed by atoms with Gasteiger partial charge in [0.25, 0.3) is 0 Å². The van der Waals surface area contributed by atoms with E-state index in [-0.39, 0.29) is 0 Å². The Kier molecular flexibility index (Phi) is 4.01. The molecule has 1 aromatic carbocycles. The molecule has 0 amide bonds. The van der Waals surface area contributed by atoms with E-state index in [1.165, 1.54) is 44.0 Å². The van der Waals surface area contributed by atoms with Crippen LogP contribution in [-0.2, 0) is 6.42 Å². The maximum atomic E-state index is 5.75. The van der Waals surface area contributed by atoms with Gasteiger partial charge in [-0.3, -0.25) is 0 Å². The van der Waals surface area contributed by atoms with Gasteiger partial charge in [-0.25, -0.2) is 4.98 Å². The number of hydrogen-bond acceptors (Lipinski definition) is 2. The average molecular weight is 287 g/mol. The number of imidazole rings is 1. The molecule has 0 aliphatic heterocycles. The van der Waals surface area contributed by atoms with E-state index in [0.29, 0.717) is 17.5 Å². The van der Waals surface area contributed by atoms with Gasteiger partial charge in [-0.2, -0.15) is 0 Å². The van der Waals surface area contributed by atoms with E-state index >= 15 is 0 Å². The molecule has 2 aromatic rings. The Hall–Kier alpha value is -1.42. The topological polar surface area (TPSA) is 43.8 Å². The summed E-state index contributed by atoms with van der Waals surface area (Å²) < 4.78 is 2.40. The van der Waals surface area contributed by atoms with Crippen molar-refractivity contribution in [3.05, 3.63) is 30.1 Å². The Bertz CT molecular complexity index is 609. The molecule has 0 saturated heterocycles. The van der Waals surface area contributed by atoms with Crippen LogP contribution < -0.4 is 5.73 Å². The maximum absolute atomic E-state index is 5.75. The van der Waals surface area contributed by atoms with E-state index in [1.54, 1.807) is 0 Å². The summed E-state index contributed by atoms with van der Waals surface area (Å²) in [5, 5.41) is 0. The number of hydrogen-bond donors (Lipinski definition) is 1. The largest absolute Gasteiger partial charge is 0.393 e. The number of para-hydroxylation sites is 2. The molecule has 0 atom stereocenters. The van der Waals surface area contributed by atoms with Crippen LogP contribution in [0.15, 0.2) is 24.3 Å². The zero-order chi connectivity index (χ0) is 13.9. The van der Waals surface area contributed by atoms with E-state index in [2.05, 4.69) is 22.8 Å². The average Bonchev–Trinajstić information content (AvgIpc) is 2.61. The molecule has 106 valence electrons. The summed E-state index contributed by atoms with van der Waals surface area (Å²) in [6, 6.07) is 8.91. The number of benzene rings is 1. The van der Waals surface area contributed by atoms with E-state index in [0.717, 1.165) is 11.3 Å². The minimum Gasteiger partial charge on any atom is -0.393 e. The van der Waals surface area contributed by atoms with Gasteiger partial charge in [0.2, 0.25) is 0 Å². The molecular weight excluding hydrogens is 266 g/mol. The lowest BCUT2D eigenvalue weighted by atomic mass is 10.1. The predicted octanol–water partition coefficient (Wildman–Crippen LogP) is 3.76. The van der Waals surface area contributed by atoms with Crippen LogP contribution in [-0.4, -0.2) is 14.5 Å². The van der Waals surface area contributed by atoms with Crippen molar-refractivity contribution in [2.75, 3.05) is 0 Å². The van der Waals surface area contributed by atoms with Crippen LogP contribution in [0.2, 0.25) is 0 Å². The van der Waals surface area contributed by atoms with E-state index < -0.39 is 0 Å². The predicted molar refractivity (Wildman–Crippen MR) is 87.0 cm³/mol. The Morgan fingerprint density at radius 3 is 2.60 bits per heavy atom. The van der Waals surface area contributed by atoms with Gasteiger partial charge in [0.1, 0.15) is 5.82 Å². The first-order chi connectivity index (χ1) is 9.75. The van der Waals surface area contributed by atoms with Gasteiger partial charge in [0, 0.05) is 6.04 Å². The molecule has 3 nitrogen and oxygen atoms in total. The smallest absolute Gasteiger partial charge is 0.116 e. The normalized spacial score (nSPS) is 17.2. The van der Waals surface area contributed by atoms with Gasteiger partial charge in [-0.15, -0.1) is 0 Å². The van der Waals surface area contributed by atoms with Gasteiger partial charge in [0.15, 0.2) is 0 Å². The highest BCUT2D eigenvalue weighted by Gasteiger charge is 2.20. The third-order valence-corrected chi connectivity index (χ3v) is 4.34. The summed E-state index contributed by atoms with van der Waals surface area (Å²) in [5.41, 5.74) is 8.04. The maximum Gasteiger partial charge on any atom is 0.116 e. The molecule has 1 saturated carbocycles. The van der Waals surface area contributed by atoms with Crippen molar-refractivity contribution in [1.82, 2.24) is 9.55 Å². The second-order valence-electron chi connectivity index (χ2n) is 5.68. The molecule has 20 heavy (non-hydrogen) atoms. The highest BCUT2D eigenvalue weighted by molar-refractivity contribution is 7.80. The van der Waals surface area contributed by atoms with Crippen LogP contribution in [0.1, 0.15) is 50.4 Å². The standard InChI is InChI=1S/C16H21N3S/c17-15(20)11-16-18-13-9-5-6-10-14(13)19(16)12-7-3-1-2-4-8-12/h5-6,9-10,12H,1-4,7-8,11H2,(H2,17,20). The number of fused-ring (bicyclic) bond motifs is 1. The van der Waals surface area contributed by atoms with Crippen molar-refractivity contribution in [3.8, 4) is 0 Å². The van der Waals surface area contributed by atoms with E-state index in [4.69, 9.17) is 22.9 Å². The van der Waals surface area contributed by atoms with Gasteiger partial charge >= 0.3 is 0 Å². The molecule has 1 aliphatic rings. The second-order valence-corrected chi connectivity index (χ2v) is 6.20. The lowest BCUT2D eigenvalue weighted by Crippen LogP contribution is -2.18. The Morgan fingerprint density at radius 1 is 1.20 bits per heavy atom. The lowest BCUT2D eigenvalue weighted by molar-refractivity contribution is 0.444. The van der Waals surface area contributed by atoms with Crippen LogP contribution in [0.3, 0.4) is 0 Å². The Labute approximate surface area is 125 Å². The first kappa shape index (κ1) is 13.6. The fourth-order valence-electron chi connectivity index (χ4n) is 3.30. The van der Waals surface area contributed by atoms with Gasteiger partial charge in [0.05, 0.1) is 22.4 Å². The summed E-state index contributed by atoms with van der Waals surface area (Å²) in [7, 11) is 0. The number of aromatic nitrogens is 2. The van der Waals surface area contributed by atoms with Crippen molar-refractivity contribution in [1.29, 1.82) is 0 Å². The number of rotatable bonds is 3. The van der Waals surface area contributed by atoms with Crippen LogP contribution >= 0.6 is 12.2 Å². The Balaban J connectivity index is 2.07. The summed E-state index contributed by atoms with van der Waals surface area (Å²) in [4.78, 5) is 5.28. The highest BCUT2D eigenvalue weighted by atomic mass is 32.1. The van der Waals surface area contributed by atoms with Crippen LogP contribution in [0.5, 0.6) is 0 Å². The molecule has 3 rings (SSSR count). The molecule has 0 bridgehead atoms. The van der Waals surface area contributed by atoms with E-state index in [1.807, 2.05) is 6.07 Å². The molecule has 1 aromatic heterocycles. The lowest BCUT2D eigenvalue weighted by Gasteiger charge is -2.20. The fourth-order valence-corrected chi connectivity index (χ4v) is 3.43. The third-order valence-electron chi connectivity index (χ3n) is 4.19. The quantitative estimate of drug-likeness (QED) is 0.690. The summed E-state index contributed by atoms with van der Waals surface area (Å²) >= 11 is 5.09. The van der Waals surface area contributed by atoms with Gasteiger partial charge in [-0.1, -0.05) is 50.0 Å². The summed E-state index contributed by atoms with van der Waals surface area (Å²) in [6.45, 7) is 0. The first-order valence-corrected chi connectivity index (χ1v) is 7.90.